The van der Waals surface area contributed by atoms with Crippen molar-refractivity contribution in [3.05, 3.63) is 35.9 Å². The average molecular weight is 291 g/mol. The van der Waals surface area contributed by atoms with Crippen molar-refractivity contribution in [3.8, 4) is 0 Å². The summed E-state index contributed by atoms with van der Waals surface area (Å²) >= 11 is 0. The molecule has 0 saturated carbocycles. The van der Waals surface area contributed by atoms with E-state index in [1.807, 2.05) is 18.2 Å². The molecule has 2 unspecified atom stereocenters. The zero-order chi connectivity index (χ0) is 14.9. The van der Waals surface area contributed by atoms with Gasteiger partial charge in [0, 0.05) is 33.9 Å². The van der Waals surface area contributed by atoms with Gasteiger partial charge in [-0.3, -0.25) is 4.99 Å². The van der Waals surface area contributed by atoms with E-state index in [-0.39, 0.29) is 6.10 Å². The standard InChI is InChI=1S/C16H25N3O2/c1-17-16(18-11-14-9-6-10-21-14)19-12-15(20-2)13-7-4-3-5-8-13/h3-5,7-8,14-15H,6,9-12H2,1-2H3,(H2,17,18,19). The lowest BCUT2D eigenvalue weighted by Crippen LogP contribution is -2.42. The van der Waals surface area contributed by atoms with Crippen LogP contribution in [-0.4, -0.2) is 45.9 Å². The SMILES string of the molecule is CN=C(NCC1CCCO1)NCC(OC)c1ccccc1. The quantitative estimate of drug-likeness (QED) is 0.619. The van der Waals surface area contributed by atoms with E-state index in [0.29, 0.717) is 12.6 Å². The topological polar surface area (TPSA) is 54.9 Å². The molecule has 1 aliphatic rings. The Morgan fingerprint density at radius 2 is 2.19 bits per heavy atom. The first-order valence-electron chi connectivity index (χ1n) is 7.47. The minimum absolute atomic E-state index is 0.00693. The molecule has 2 atom stereocenters. The van der Waals surface area contributed by atoms with E-state index in [2.05, 4.69) is 27.8 Å². The van der Waals surface area contributed by atoms with Crippen molar-refractivity contribution in [3.63, 3.8) is 0 Å². The monoisotopic (exact) mass is 291 g/mol. The number of rotatable bonds is 6. The van der Waals surface area contributed by atoms with Gasteiger partial charge in [0.15, 0.2) is 5.96 Å². The average Bonchev–Trinajstić information content (AvgIpc) is 3.05. The molecule has 5 nitrogen and oxygen atoms in total. The summed E-state index contributed by atoms with van der Waals surface area (Å²) in [6, 6.07) is 10.2. The van der Waals surface area contributed by atoms with Crippen LogP contribution < -0.4 is 10.6 Å². The minimum atomic E-state index is 0.00693. The number of guanidine groups is 1. The van der Waals surface area contributed by atoms with E-state index >= 15 is 0 Å². The molecule has 1 aromatic carbocycles. The Kier molecular flexibility index (Phi) is 6.50. The number of nitrogens with zero attached hydrogens (tertiary/aromatic N) is 1. The summed E-state index contributed by atoms with van der Waals surface area (Å²) in [5.74, 6) is 0.781. The molecule has 2 N–H and O–H groups in total. The number of nitrogens with one attached hydrogen (secondary N) is 2. The number of benzene rings is 1. The van der Waals surface area contributed by atoms with Crippen molar-refractivity contribution >= 4 is 5.96 Å². The van der Waals surface area contributed by atoms with E-state index in [1.165, 1.54) is 0 Å². The lowest BCUT2D eigenvalue weighted by molar-refractivity contribution is 0.105. The molecule has 0 bridgehead atoms. The van der Waals surface area contributed by atoms with Crippen molar-refractivity contribution < 1.29 is 9.47 Å². The van der Waals surface area contributed by atoms with E-state index in [1.54, 1.807) is 14.2 Å². The fourth-order valence-electron chi connectivity index (χ4n) is 2.43. The van der Waals surface area contributed by atoms with Crippen LogP contribution in [-0.2, 0) is 9.47 Å². The second-order valence-corrected chi connectivity index (χ2v) is 5.10. The molecular weight excluding hydrogens is 266 g/mol. The molecule has 0 aromatic heterocycles. The summed E-state index contributed by atoms with van der Waals surface area (Å²) in [6.45, 7) is 2.34. The minimum Gasteiger partial charge on any atom is -0.376 e. The maximum atomic E-state index is 5.59. The third kappa shape index (κ3) is 5.02. The highest BCUT2D eigenvalue weighted by atomic mass is 16.5. The molecule has 1 saturated heterocycles. The number of aliphatic imine (C=N–C) groups is 1. The third-order valence-corrected chi connectivity index (χ3v) is 3.66. The number of hydrogen-bond acceptors (Lipinski definition) is 3. The Morgan fingerprint density at radius 3 is 2.81 bits per heavy atom. The highest BCUT2D eigenvalue weighted by molar-refractivity contribution is 5.79. The smallest absolute Gasteiger partial charge is 0.191 e. The van der Waals surface area contributed by atoms with Gasteiger partial charge >= 0.3 is 0 Å². The van der Waals surface area contributed by atoms with Gasteiger partial charge in [0.25, 0.3) is 0 Å². The van der Waals surface area contributed by atoms with Crippen LogP contribution >= 0.6 is 0 Å². The Balaban J connectivity index is 1.78. The van der Waals surface area contributed by atoms with Crippen LogP contribution in [0.4, 0.5) is 0 Å². The molecule has 116 valence electrons. The largest absolute Gasteiger partial charge is 0.376 e. The number of hydrogen-bond donors (Lipinski definition) is 2. The predicted molar refractivity (Wildman–Crippen MR) is 84.5 cm³/mol. The molecule has 5 heteroatoms. The Morgan fingerprint density at radius 1 is 1.38 bits per heavy atom. The normalized spacial score (nSPS) is 20.3. The first-order chi connectivity index (χ1) is 10.3. The van der Waals surface area contributed by atoms with Crippen LogP contribution in [0.1, 0.15) is 24.5 Å². The van der Waals surface area contributed by atoms with Crippen molar-refractivity contribution in [1.82, 2.24) is 10.6 Å². The van der Waals surface area contributed by atoms with Crippen LogP contribution in [0.3, 0.4) is 0 Å². The molecule has 1 heterocycles. The van der Waals surface area contributed by atoms with Gasteiger partial charge < -0.3 is 20.1 Å². The second-order valence-electron chi connectivity index (χ2n) is 5.10. The summed E-state index contributed by atoms with van der Waals surface area (Å²) in [7, 11) is 3.50. The molecule has 1 fully saturated rings. The van der Waals surface area contributed by atoms with E-state index in [4.69, 9.17) is 9.47 Å². The number of ether oxygens (including phenoxy) is 2. The van der Waals surface area contributed by atoms with Crippen molar-refractivity contribution in [2.24, 2.45) is 4.99 Å². The molecule has 1 aromatic rings. The maximum Gasteiger partial charge on any atom is 0.191 e. The Hall–Kier alpha value is -1.59. The molecular formula is C16H25N3O2. The summed E-state index contributed by atoms with van der Waals surface area (Å²) < 4.78 is 11.1. The molecule has 0 spiro atoms. The Bertz CT molecular complexity index is 430. The van der Waals surface area contributed by atoms with Gasteiger partial charge in [-0.2, -0.15) is 0 Å². The fraction of sp³-hybridized carbons (Fsp3) is 0.562. The van der Waals surface area contributed by atoms with Crippen LogP contribution in [0.5, 0.6) is 0 Å². The van der Waals surface area contributed by atoms with Crippen molar-refractivity contribution in [2.45, 2.75) is 25.0 Å². The molecule has 0 radical (unpaired) electrons. The van der Waals surface area contributed by atoms with Crippen LogP contribution in [0.15, 0.2) is 35.3 Å². The van der Waals surface area contributed by atoms with Gasteiger partial charge in [-0.1, -0.05) is 30.3 Å². The molecule has 1 aliphatic heterocycles. The number of methoxy groups -OCH3 is 1. The van der Waals surface area contributed by atoms with E-state index < -0.39 is 0 Å². The summed E-state index contributed by atoms with van der Waals surface area (Å²) in [5.41, 5.74) is 1.15. The highest BCUT2D eigenvalue weighted by Gasteiger charge is 2.16. The van der Waals surface area contributed by atoms with Crippen molar-refractivity contribution in [1.29, 1.82) is 0 Å². The third-order valence-electron chi connectivity index (χ3n) is 3.66. The predicted octanol–water partition coefficient (Wildman–Crippen LogP) is 1.72. The summed E-state index contributed by atoms with van der Waals surface area (Å²) in [5, 5.41) is 6.60. The summed E-state index contributed by atoms with van der Waals surface area (Å²) in [6.07, 6.45) is 2.58. The van der Waals surface area contributed by atoms with Crippen LogP contribution in [0.25, 0.3) is 0 Å². The molecule has 21 heavy (non-hydrogen) atoms. The molecule has 2 rings (SSSR count). The van der Waals surface area contributed by atoms with Gasteiger partial charge in [0.1, 0.15) is 0 Å². The van der Waals surface area contributed by atoms with Gasteiger partial charge in [-0.25, -0.2) is 0 Å². The maximum absolute atomic E-state index is 5.59. The first kappa shape index (κ1) is 15.8. The fourth-order valence-corrected chi connectivity index (χ4v) is 2.43. The first-order valence-corrected chi connectivity index (χ1v) is 7.47. The van der Waals surface area contributed by atoms with Gasteiger partial charge in [-0.05, 0) is 18.4 Å². The van der Waals surface area contributed by atoms with E-state index in [0.717, 1.165) is 37.5 Å². The van der Waals surface area contributed by atoms with Crippen molar-refractivity contribution in [2.75, 3.05) is 33.9 Å². The van der Waals surface area contributed by atoms with Gasteiger partial charge in [0.05, 0.1) is 12.2 Å². The lowest BCUT2D eigenvalue weighted by Gasteiger charge is -2.19. The molecule has 0 aliphatic carbocycles. The zero-order valence-electron chi connectivity index (χ0n) is 12.8. The lowest BCUT2D eigenvalue weighted by atomic mass is 10.1. The Labute approximate surface area is 126 Å². The van der Waals surface area contributed by atoms with Gasteiger partial charge in [-0.15, -0.1) is 0 Å². The zero-order valence-corrected chi connectivity index (χ0v) is 12.8. The van der Waals surface area contributed by atoms with E-state index in [9.17, 15) is 0 Å². The van der Waals surface area contributed by atoms with Crippen LogP contribution in [0, 0.1) is 0 Å². The van der Waals surface area contributed by atoms with Crippen LogP contribution in [0.2, 0.25) is 0 Å². The summed E-state index contributed by atoms with van der Waals surface area (Å²) in [4.78, 5) is 4.23. The second kappa shape index (κ2) is 8.64. The van der Waals surface area contributed by atoms with Gasteiger partial charge in [0.2, 0.25) is 0 Å². The molecule has 0 amide bonds. The highest BCUT2D eigenvalue weighted by Crippen LogP contribution is 2.14.